The van der Waals surface area contributed by atoms with Crippen molar-refractivity contribution in [2.45, 2.75) is 0 Å². The van der Waals surface area contributed by atoms with Gasteiger partial charge in [0.2, 0.25) is 0 Å². The quantitative estimate of drug-likeness (QED) is 0.342. The van der Waals surface area contributed by atoms with Crippen molar-refractivity contribution in [3.8, 4) is 0 Å². The standard InChI is InChI=1S/C3H2B2N2/c4-2-3(5)7-1-6-2/h1H2. The third-order valence-electron chi connectivity index (χ3n) is 0.745. The second-order valence-electron chi connectivity index (χ2n) is 1.23. The minimum atomic E-state index is 0.361. The van der Waals surface area contributed by atoms with Gasteiger partial charge >= 0.3 is 0 Å². The SMILES string of the molecule is [B]C1=NCN=C1[B]. The maximum Gasteiger partial charge on any atom is 0.142 e. The van der Waals surface area contributed by atoms with E-state index in [1.54, 1.807) is 0 Å². The molecule has 0 bridgehead atoms. The molecule has 1 rings (SSSR count). The van der Waals surface area contributed by atoms with Gasteiger partial charge in [0.25, 0.3) is 0 Å². The maximum absolute atomic E-state index is 5.17. The second kappa shape index (κ2) is 1.52. The van der Waals surface area contributed by atoms with Gasteiger partial charge in [0.1, 0.15) is 22.4 Å². The molecular weight excluding hydrogens is 85.7 g/mol. The predicted octanol–water partition coefficient (Wildman–Crippen LogP) is -0.909. The zero-order chi connectivity index (χ0) is 5.28. The highest BCUT2D eigenvalue weighted by molar-refractivity contribution is 6.96. The van der Waals surface area contributed by atoms with E-state index in [9.17, 15) is 0 Å². The Balaban J connectivity index is 2.78. The first-order chi connectivity index (χ1) is 3.30. The van der Waals surface area contributed by atoms with E-state index in [1.165, 1.54) is 0 Å². The fourth-order valence-corrected chi connectivity index (χ4v) is 0.350. The Bertz CT molecular complexity index is 122. The Hall–Kier alpha value is -0.530. The van der Waals surface area contributed by atoms with Gasteiger partial charge in [0.05, 0.1) is 0 Å². The van der Waals surface area contributed by atoms with Gasteiger partial charge in [-0.1, -0.05) is 0 Å². The lowest BCUT2D eigenvalue weighted by molar-refractivity contribution is 1.11. The molecule has 0 saturated heterocycles. The van der Waals surface area contributed by atoms with Crippen molar-refractivity contribution < 1.29 is 0 Å². The van der Waals surface area contributed by atoms with Crippen LogP contribution in [0.5, 0.6) is 0 Å². The molecule has 30 valence electrons. The molecule has 0 aromatic heterocycles. The van der Waals surface area contributed by atoms with Crippen LogP contribution in [-0.2, 0) is 0 Å². The Labute approximate surface area is 44.6 Å². The third-order valence-corrected chi connectivity index (χ3v) is 0.745. The molecule has 0 atom stereocenters. The van der Waals surface area contributed by atoms with Crippen molar-refractivity contribution in [1.29, 1.82) is 0 Å². The largest absolute Gasteiger partial charge is 0.277 e. The highest BCUT2D eigenvalue weighted by Gasteiger charge is 1.97. The molecule has 2 nitrogen and oxygen atoms in total. The summed E-state index contributed by atoms with van der Waals surface area (Å²) >= 11 is 0. The van der Waals surface area contributed by atoms with Gasteiger partial charge in [0.15, 0.2) is 0 Å². The first-order valence-corrected chi connectivity index (χ1v) is 1.91. The molecule has 0 amide bonds. The van der Waals surface area contributed by atoms with Crippen LogP contribution in [0.15, 0.2) is 9.98 Å². The van der Waals surface area contributed by atoms with Gasteiger partial charge < -0.3 is 0 Å². The Kier molecular flexibility index (Phi) is 1.01. The predicted molar refractivity (Wildman–Crippen MR) is 31.2 cm³/mol. The molecule has 4 heteroatoms. The van der Waals surface area contributed by atoms with Gasteiger partial charge in [-0.3, -0.25) is 9.98 Å². The number of hydrogen-bond donors (Lipinski definition) is 0. The summed E-state index contributed by atoms with van der Waals surface area (Å²) in [5.74, 6) is 0. The Morgan fingerprint density at radius 3 is 1.71 bits per heavy atom. The molecule has 0 aliphatic carbocycles. The highest BCUT2D eigenvalue weighted by Crippen LogP contribution is 1.87. The van der Waals surface area contributed by atoms with E-state index in [1.807, 2.05) is 0 Å². The molecular formula is C3H2B2N2. The summed E-state index contributed by atoms with van der Waals surface area (Å²) in [6.07, 6.45) is 0. The summed E-state index contributed by atoms with van der Waals surface area (Å²) < 4.78 is 0. The molecule has 0 unspecified atom stereocenters. The van der Waals surface area contributed by atoms with Crippen molar-refractivity contribution in [3.63, 3.8) is 0 Å². The third kappa shape index (κ3) is 0.734. The first-order valence-electron chi connectivity index (χ1n) is 1.91. The van der Waals surface area contributed by atoms with Crippen molar-refractivity contribution in [2.24, 2.45) is 9.98 Å². The summed E-state index contributed by atoms with van der Waals surface area (Å²) in [6.45, 7) is 0.400. The summed E-state index contributed by atoms with van der Waals surface area (Å²) in [6, 6.07) is 0. The van der Waals surface area contributed by atoms with Crippen LogP contribution in [0.2, 0.25) is 0 Å². The first kappa shape index (κ1) is 4.62. The number of aliphatic imine (C=N–C) groups is 2. The van der Waals surface area contributed by atoms with Crippen LogP contribution in [0.1, 0.15) is 0 Å². The highest BCUT2D eigenvalue weighted by atomic mass is 15.0. The molecule has 0 fully saturated rings. The summed E-state index contributed by atoms with van der Waals surface area (Å²) in [5, 5.41) is 0. The van der Waals surface area contributed by atoms with Crippen LogP contribution in [0.25, 0.3) is 0 Å². The molecule has 0 N–H and O–H groups in total. The molecule has 0 aromatic rings. The smallest absolute Gasteiger partial charge is 0.142 e. The van der Waals surface area contributed by atoms with Crippen LogP contribution in [-0.4, -0.2) is 33.6 Å². The average molecular weight is 87.7 g/mol. The normalized spacial score (nSPS) is 18.9. The zero-order valence-corrected chi connectivity index (χ0v) is 3.76. The van der Waals surface area contributed by atoms with Crippen LogP contribution < -0.4 is 0 Å². The zero-order valence-electron chi connectivity index (χ0n) is 3.76. The fraction of sp³-hybridized carbons (Fsp3) is 0.333. The monoisotopic (exact) mass is 88.0 g/mol. The van der Waals surface area contributed by atoms with Crippen molar-refractivity contribution >= 4 is 26.9 Å². The van der Waals surface area contributed by atoms with E-state index in [-0.39, 0.29) is 0 Å². The molecule has 0 spiro atoms. The van der Waals surface area contributed by atoms with Crippen molar-refractivity contribution in [2.75, 3.05) is 6.67 Å². The minimum absolute atomic E-state index is 0.361. The lowest BCUT2D eigenvalue weighted by Crippen LogP contribution is -2.08. The molecule has 1 aliphatic rings. The Morgan fingerprint density at radius 2 is 1.57 bits per heavy atom. The van der Waals surface area contributed by atoms with Gasteiger partial charge in [0, 0.05) is 0 Å². The van der Waals surface area contributed by atoms with Crippen molar-refractivity contribution in [1.82, 2.24) is 0 Å². The molecule has 1 heterocycles. The average Bonchev–Trinajstić information content (AvgIpc) is 1.91. The van der Waals surface area contributed by atoms with Gasteiger partial charge in [-0.2, -0.15) is 0 Å². The molecule has 0 aromatic carbocycles. The Morgan fingerprint density at radius 1 is 1.14 bits per heavy atom. The fourth-order valence-electron chi connectivity index (χ4n) is 0.350. The van der Waals surface area contributed by atoms with Gasteiger partial charge in [-0.05, 0) is 11.2 Å². The maximum atomic E-state index is 5.17. The molecule has 0 saturated carbocycles. The molecule has 7 heavy (non-hydrogen) atoms. The number of nitrogens with zero attached hydrogens (tertiary/aromatic N) is 2. The number of rotatable bonds is 0. The lowest BCUT2D eigenvalue weighted by atomic mass is 9.85. The van der Waals surface area contributed by atoms with E-state index in [0.717, 1.165) is 0 Å². The lowest BCUT2D eigenvalue weighted by Gasteiger charge is -1.83. The summed E-state index contributed by atoms with van der Waals surface area (Å²) in [4.78, 5) is 7.37. The van der Waals surface area contributed by atoms with Gasteiger partial charge in [-0.15, -0.1) is 0 Å². The van der Waals surface area contributed by atoms with Crippen LogP contribution in [0.3, 0.4) is 0 Å². The van der Waals surface area contributed by atoms with E-state index in [4.69, 9.17) is 15.7 Å². The molecule has 1 aliphatic heterocycles. The summed E-state index contributed by atoms with van der Waals surface area (Å²) in [7, 11) is 10.3. The minimum Gasteiger partial charge on any atom is -0.277 e. The topological polar surface area (TPSA) is 24.7 Å². The van der Waals surface area contributed by atoms with E-state index in [0.29, 0.717) is 17.9 Å². The van der Waals surface area contributed by atoms with Crippen LogP contribution in [0.4, 0.5) is 0 Å². The molecule has 4 radical (unpaired) electrons. The van der Waals surface area contributed by atoms with E-state index in [2.05, 4.69) is 9.98 Å². The van der Waals surface area contributed by atoms with Crippen LogP contribution >= 0.6 is 0 Å². The van der Waals surface area contributed by atoms with Crippen LogP contribution in [0, 0.1) is 0 Å². The van der Waals surface area contributed by atoms with Gasteiger partial charge in [-0.25, -0.2) is 0 Å². The van der Waals surface area contributed by atoms with E-state index >= 15 is 0 Å². The number of hydrogen-bond acceptors (Lipinski definition) is 2. The second-order valence-corrected chi connectivity index (χ2v) is 1.23. The summed E-state index contributed by atoms with van der Waals surface area (Å²) in [5.41, 5.74) is 0.722. The van der Waals surface area contributed by atoms with E-state index < -0.39 is 0 Å². The van der Waals surface area contributed by atoms with Crippen molar-refractivity contribution in [3.05, 3.63) is 0 Å².